The molecule has 1 aromatic rings. The number of rotatable bonds is 8. The molecule has 0 radical (unpaired) electrons. The Kier molecular flexibility index (Phi) is 6.84. The number of hydrogen-bond acceptors (Lipinski definition) is 3. The van der Waals surface area contributed by atoms with E-state index in [1.54, 1.807) is 6.07 Å². The van der Waals surface area contributed by atoms with Gasteiger partial charge in [-0.15, -0.1) is 0 Å². The van der Waals surface area contributed by atoms with Gasteiger partial charge >= 0.3 is 0 Å². The third-order valence-corrected chi connectivity index (χ3v) is 5.34. The van der Waals surface area contributed by atoms with Crippen LogP contribution in [0.5, 0.6) is 0 Å². The highest BCUT2D eigenvalue weighted by atomic mass is 32.2. The zero-order chi connectivity index (χ0) is 16.0. The van der Waals surface area contributed by atoms with Crippen LogP contribution in [0.15, 0.2) is 23.1 Å². The van der Waals surface area contributed by atoms with Gasteiger partial charge in [0.2, 0.25) is 10.0 Å². The molecule has 21 heavy (non-hydrogen) atoms. The van der Waals surface area contributed by atoms with Crippen molar-refractivity contribution < 1.29 is 8.42 Å². The second-order valence-corrected chi connectivity index (χ2v) is 7.61. The second-order valence-electron chi connectivity index (χ2n) is 5.93. The third-order valence-electron chi connectivity index (χ3n) is 3.64. The van der Waals surface area contributed by atoms with Gasteiger partial charge in [-0.1, -0.05) is 32.9 Å². The second kappa shape index (κ2) is 7.92. The first kappa shape index (κ1) is 18.1. The van der Waals surface area contributed by atoms with E-state index in [0.717, 1.165) is 24.1 Å². The van der Waals surface area contributed by atoms with Crippen molar-refractivity contribution in [3.05, 3.63) is 29.3 Å². The largest absolute Gasteiger partial charge is 0.313 e. The smallest absolute Gasteiger partial charge is 0.241 e. The molecular weight excluding hydrogens is 284 g/mol. The molecule has 120 valence electrons. The fourth-order valence-electron chi connectivity index (χ4n) is 1.90. The van der Waals surface area contributed by atoms with Gasteiger partial charge in [0, 0.05) is 12.6 Å². The first-order chi connectivity index (χ1) is 9.77. The van der Waals surface area contributed by atoms with Crippen molar-refractivity contribution >= 4 is 10.0 Å². The molecule has 0 aliphatic rings. The molecule has 1 rings (SSSR count). The van der Waals surface area contributed by atoms with E-state index < -0.39 is 10.0 Å². The summed E-state index contributed by atoms with van der Waals surface area (Å²) in [6, 6.07) is 5.53. The van der Waals surface area contributed by atoms with Gasteiger partial charge in [0.25, 0.3) is 0 Å². The predicted octanol–water partition coefficient (Wildman–Crippen LogP) is 2.82. The maximum atomic E-state index is 12.5. The SMILES string of the molecule is CCCNCc1ccc(C)c(S(=O)(=O)NC(C)C(C)C)c1. The minimum absolute atomic E-state index is 0.0868. The molecule has 0 heterocycles. The van der Waals surface area contributed by atoms with Crippen LogP contribution in [0, 0.1) is 12.8 Å². The molecule has 0 amide bonds. The first-order valence-corrected chi connectivity index (χ1v) is 9.08. The summed E-state index contributed by atoms with van der Waals surface area (Å²) < 4.78 is 27.8. The zero-order valence-corrected chi connectivity index (χ0v) is 14.5. The average molecular weight is 312 g/mol. The van der Waals surface area contributed by atoms with Gasteiger partial charge in [-0.05, 0) is 49.9 Å². The Hall–Kier alpha value is -0.910. The summed E-state index contributed by atoms with van der Waals surface area (Å²) in [5.74, 6) is 0.259. The molecule has 0 saturated heterocycles. The molecule has 0 fully saturated rings. The van der Waals surface area contributed by atoms with E-state index in [1.165, 1.54) is 0 Å². The molecule has 0 bridgehead atoms. The highest BCUT2D eigenvalue weighted by Gasteiger charge is 2.21. The maximum absolute atomic E-state index is 12.5. The van der Waals surface area contributed by atoms with Crippen molar-refractivity contribution in [3.63, 3.8) is 0 Å². The van der Waals surface area contributed by atoms with Gasteiger partial charge in [0.15, 0.2) is 0 Å². The minimum atomic E-state index is -3.47. The van der Waals surface area contributed by atoms with Crippen LogP contribution in [0.25, 0.3) is 0 Å². The predicted molar refractivity (Wildman–Crippen MR) is 87.8 cm³/mol. The molecule has 0 spiro atoms. The summed E-state index contributed by atoms with van der Waals surface area (Å²) in [6.45, 7) is 11.5. The summed E-state index contributed by atoms with van der Waals surface area (Å²) in [6.07, 6.45) is 1.06. The molecule has 5 heteroatoms. The van der Waals surface area contributed by atoms with Crippen molar-refractivity contribution in [2.24, 2.45) is 5.92 Å². The van der Waals surface area contributed by atoms with Crippen LogP contribution < -0.4 is 10.0 Å². The van der Waals surface area contributed by atoms with Crippen LogP contribution in [0.1, 0.15) is 45.2 Å². The van der Waals surface area contributed by atoms with Crippen molar-refractivity contribution in [2.45, 2.75) is 58.5 Å². The van der Waals surface area contributed by atoms with Gasteiger partial charge in [0.1, 0.15) is 0 Å². The van der Waals surface area contributed by atoms with Crippen LogP contribution in [0.4, 0.5) is 0 Å². The number of aryl methyl sites for hydroxylation is 1. The highest BCUT2D eigenvalue weighted by molar-refractivity contribution is 7.89. The summed E-state index contributed by atoms with van der Waals surface area (Å²) in [5, 5.41) is 3.29. The summed E-state index contributed by atoms with van der Waals surface area (Å²) in [5.41, 5.74) is 1.77. The van der Waals surface area contributed by atoms with E-state index in [0.29, 0.717) is 11.4 Å². The summed E-state index contributed by atoms with van der Waals surface area (Å²) in [7, 11) is -3.47. The van der Waals surface area contributed by atoms with Gasteiger partial charge in [0.05, 0.1) is 4.90 Å². The van der Waals surface area contributed by atoms with Gasteiger partial charge in [-0.3, -0.25) is 0 Å². The molecule has 0 aliphatic heterocycles. The Morgan fingerprint density at radius 1 is 1.19 bits per heavy atom. The Morgan fingerprint density at radius 3 is 2.43 bits per heavy atom. The van der Waals surface area contributed by atoms with Gasteiger partial charge in [-0.25, -0.2) is 13.1 Å². The molecule has 1 unspecified atom stereocenters. The lowest BCUT2D eigenvalue weighted by Gasteiger charge is -2.19. The molecular formula is C16H28N2O2S. The lowest BCUT2D eigenvalue weighted by atomic mass is 10.1. The number of sulfonamides is 1. The molecule has 0 saturated carbocycles. The monoisotopic (exact) mass is 312 g/mol. The number of nitrogens with one attached hydrogen (secondary N) is 2. The van der Waals surface area contributed by atoms with Crippen molar-refractivity contribution in [2.75, 3.05) is 6.54 Å². The molecule has 2 N–H and O–H groups in total. The number of benzene rings is 1. The molecule has 0 aromatic heterocycles. The van der Waals surface area contributed by atoms with Crippen molar-refractivity contribution in [3.8, 4) is 0 Å². The Morgan fingerprint density at radius 2 is 1.86 bits per heavy atom. The van der Waals surface area contributed by atoms with E-state index >= 15 is 0 Å². The maximum Gasteiger partial charge on any atom is 0.241 e. The van der Waals surface area contributed by atoms with Crippen LogP contribution in [-0.2, 0) is 16.6 Å². The molecule has 1 atom stereocenters. The summed E-state index contributed by atoms with van der Waals surface area (Å²) >= 11 is 0. The molecule has 4 nitrogen and oxygen atoms in total. The molecule has 1 aromatic carbocycles. The van der Waals surface area contributed by atoms with Crippen molar-refractivity contribution in [1.29, 1.82) is 0 Å². The summed E-state index contributed by atoms with van der Waals surface area (Å²) in [4.78, 5) is 0.380. The third kappa shape index (κ3) is 5.41. The van der Waals surface area contributed by atoms with E-state index in [2.05, 4.69) is 17.0 Å². The lowest BCUT2D eigenvalue weighted by Crippen LogP contribution is -2.36. The lowest BCUT2D eigenvalue weighted by molar-refractivity contribution is 0.476. The average Bonchev–Trinajstić information content (AvgIpc) is 2.40. The van der Waals surface area contributed by atoms with Gasteiger partial charge in [-0.2, -0.15) is 0 Å². The Balaban J connectivity index is 2.97. The normalized spacial score (nSPS) is 13.6. The fraction of sp³-hybridized carbons (Fsp3) is 0.625. The number of hydrogen-bond donors (Lipinski definition) is 2. The van der Waals surface area contributed by atoms with E-state index in [9.17, 15) is 8.42 Å². The van der Waals surface area contributed by atoms with Crippen molar-refractivity contribution in [1.82, 2.24) is 10.0 Å². The quantitative estimate of drug-likeness (QED) is 0.726. The fourth-order valence-corrected chi connectivity index (χ4v) is 3.58. The van der Waals surface area contributed by atoms with Crippen LogP contribution >= 0.6 is 0 Å². The molecule has 0 aliphatic carbocycles. The van der Waals surface area contributed by atoms with Crippen LogP contribution in [0.2, 0.25) is 0 Å². The minimum Gasteiger partial charge on any atom is -0.313 e. The van der Waals surface area contributed by atoms with Gasteiger partial charge < -0.3 is 5.32 Å². The van der Waals surface area contributed by atoms with Crippen LogP contribution in [-0.4, -0.2) is 21.0 Å². The van der Waals surface area contributed by atoms with E-state index in [1.807, 2.05) is 39.8 Å². The first-order valence-electron chi connectivity index (χ1n) is 7.60. The Labute approximate surface area is 129 Å². The standard InChI is InChI=1S/C16H28N2O2S/c1-6-9-17-11-15-8-7-13(4)16(10-15)21(19,20)18-14(5)12(2)3/h7-8,10,12,14,17-18H,6,9,11H2,1-5H3. The topological polar surface area (TPSA) is 58.2 Å². The van der Waals surface area contributed by atoms with Crippen LogP contribution in [0.3, 0.4) is 0 Å². The zero-order valence-electron chi connectivity index (χ0n) is 13.7. The van der Waals surface area contributed by atoms with E-state index in [-0.39, 0.29) is 12.0 Å². The van der Waals surface area contributed by atoms with E-state index in [4.69, 9.17) is 0 Å². The Bertz CT molecular complexity index is 553. The highest BCUT2D eigenvalue weighted by Crippen LogP contribution is 2.18.